The number of thiophene rings is 1. The van der Waals surface area contributed by atoms with Crippen molar-refractivity contribution in [3.63, 3.8) is 0 Å². The number of esters is 1. The van der Waals surface area contributed by atoms with Crippen molar-refractivity contribution in [3.05, 3.63) is 51.2 Å². The number of benzene rings is 1. The largest absolute Gasteiger partial charge is 0.452 e. The summed E-state index contributed by atoms with van der Waals surface area (Å²) >= 11 is 1.54. The number of para-hydroxylation sites is 1. The Hall–Kier alpha value is -2.14. The molecule has 2 aromatic rings. The molecule has 0 fully saturated rings. The Morgan fingerprint density at radius 3 is 2.52 bits per heavy atom. The van der Waals surface area contributed by atoms with Crippen LogP contribution in [0.3, 0.4) is 0 Å². The molecular weight excluding hydrogens is 310 g/mol. The lowest BCUT2D eigenvalue weighted by molar-refractivity contribution is -0.119. The first-order valence-corrected chi connectivity index (χ1v) is 8.33. The lowest BCUT2D eigenvalue weighted by Gasteiger charge is -2.13. The highest BCUT2D eigenvalue weighted by Crippen LogP contribution is 2.24. The molecule has 0 saturated carbocycles. The monoisotopic (exact) mass is 331 g/mol. The summed E-state index contributed by atoms with van der Waals surface area (Å²) in [7, 11) is 0. The van der Waals surface area contributed by atoms with Gasteiger partial charge in [0.05, 0.1) is 5.56 Å². The number of ether oxygens (including phenoxy) is 1. The molecule has 0 aliphatic rings. The average Bonchev–Trinajstić information content (AvgIpc) is 2.84. The summed E-state index contributed by atoms with van der Waals surface area (Å²) in [5, 5.41) is 2.80. The number of hydrogen-bond donors (Lipinski definition) is 1. The van der Waals surface area contributed by atoms with Crippen LogP contribution in [0.2, 0.25) is 0 Å². The maximum absolute atomic E-state index is 12.0. The van der Waals surface area contributed by atoms with Crippen LogP contribution >= 0.6 is 11.3 Å². The maximum atomic E-state index is 12.0. The van der Waals surface area contributed by atoms with Gasteiger partial charge in [-0.3, -0.25) is 4.79 Å². The first kappa shape index (κ1) is 17.2. The highest BCUT2D eigenvalue weighted by atomic mass is 32.1. The van der Waals surface area contributed by atoms with Gasteiger partial charge in [-0.05, 0) is 37.5 Å². The standard InChI is InChI=1S/C18H21NO3S/c1-11(2)14-7-5-6-8-16(14)19-17(20)10-22-18(21)15-9-12(3)23-13(15)4/h5-9,11H,10H2,1-4H3,(H,19,20). The third-order valence-corrected chi connectivity index (χ3v) is 4.42. The second-order valence-electron chi connectivity index (χ2n) is 5.69. The fourth-order valence-electron chi connectivity index (χ4n) is 2.34. The zero-order chi connectivity index (χ0) is 17.0. The Labute approximate surface area is 140 Å². The molecule has 0 radical (unpaired) electrons. The summed E-state index contributed by atoms with van der Waals surface area (Å²) in [5.41, 5.74) is 2.34. The number of rotatable bonds is 5. The number of aryl methyl sites for hydroxylation is 2. The molecule has 0 bridgehead atoms. The van der Waals surface area contributed by atoms with E-state index in [1.165, 1.54) is 11.3 Å². The predicted octanol–water partition coefficient (Wildman–Crippen LogP) is 4.28. The Morgan fingerprint density at radius 1 is 1.22 bits per heavy atom. The molecule has 122 valence electrons. The molecule has 23 heavy (non-hydrogen) atoms. The van der Waals surface area contributed by atoms with Gasteiger partial charge in [-0.1, -0.05) is 32.0 Å². The smallest absolute Gasteiger partial charge is 0.339 e. The minimum absolute atomic E-state index is 0.292. The molecule has 0 aliphatic carbocycles. The topological polar surface area (TPSA) is 55.4 Å². The normalized spacial score (nSPS) is 10.7. The molecule has 0 aliphatic heterocycles. The minimum atomic E-state index is -0.459. The lowest BCUT2D eigenvalue weighted by Crippen LogP contribution is -2.21. The number of nitrogens with one attached hydrogen (secondary N) is 1. The fourth-order valence-corrected chi connectivity index (χ4v) is 3.25. The second-order valence-corrected chi connectivity index (χ2v) is 7.15. The lowest BCUT2D eigenvalue weighted by atomic mass is 10.0. The zero-order valence-corrected chi connectivity index (χ0v) is 14.6. The van der Waals surface area contributed by atoms with Gasteiger partial charge in [0.25, 0.3) is 5.91 Å². The van der Waals surface area contributed by atoms with E-state index < -0.39 is 5.97 Å². The number of hydrogen-bond acceptors (Lipinski definition) is 4. The molecule has 0 unspecified atom stereocenters. The van der Waals surface area contributed by atoms with E-state index >= 15 is 0 Å². The molecule has 2 rings (SSSR count). The van der Waals surface area contributed by atoms with Crippen LogP contribution in [-0.4, -0.2) is 18.5 Å². The van der Waals surface area contributed by atoms with Crippen molar-refractivity contribution >= 4 is 28.9 Å². The highest BCUT2D eigenvalue weighted by Gasteiger charge is 2.16. The minimum Gasteiger partial charge on any atom is -0.452 e. The van der Waals surface area contributed by atoms with Gasteiger partial charge in [-0.15, -0.1) is 11.3 Å². The van der Waals surface area contributed by atoms with Crippen molar-refractivity contribution in [2.75, 3.05) is 11.9 Å². The van der Waals surface area contributed by atoms with Gasteiger partial charge in [-0.25, -0.2) is 4.79 Å². The van der Waals surface area contributed by atoms with E-state index in [1.807, 2.05) is 38.1 Å². The summed E-state index contributed by atoms with van der Waals surface area (Å²) in [4.78, 5) is 26.0. The number of anilines is 1. The summed E-state index contributed by atoms with van der Waals surface area (Å²) < 4.78 is 5.11. The van der Waals surface area contributed by atoms with Crippen molar-refractivity contribution < 1.29 is 14.3 Å². The molecule has 1 N–H and O–H groups in total. The van der Waals surface area contributed by atoms with E-state index in [4.69, 9.17) is 4.74 Å². The van der Waals surface area contributed by atoms with E-state index in [1.54, 1.807) is 6.07 Å². The third kappa shape index (κ3) is 4.42. The van der Waals surface area contributed by atoms with Crippen LogP contribution in [0, 0.1) is 13.8 Å². The quantitative estimate of drug-likeness (QED) is 0.832. The molecule has 4 nitrogen and oxygen atoms in total. The molecule has 0 atom stereocenters. The summed E-state index contributed by atoms with van der Waals surface area (Å²) in [6.07, 6.45) is 0. The predicted molar refractivity (Wildman–Crippen MR) is 93.2 cm³/mol. The Kier molecular flexibility index (Phi) is 5.55. The molecular formula is C18H21NO3S. The van der Waals surface area contributed by atoms with Gasteiger partial charge >= 0.3 is 5.97 Å². The van der Waals surface area contributed by atoms with Crippen LogP contribution in [-0.2, 0) is 9.53 Å². The maximum Gasteiger partial charge on any atom is 0.339 e. The SMILES string of the molecule is Cc1cc(C(=O)OCC(=O)Nc2ccccc2C(C)C)c(C)s1. The molecule has 1 aromatic carbocycles. The molecule has 5 heteroatoms. The number of carbonyl (C=O) groups is 2. The van der Waals surface area contributed by atoms with Gasteiger partial charge in [0.15, 0.2) is 6.61 Å². The molecule has 0 saturated heterocycles. The number of carbonyl (C=O) groups excluding carboxylic acids is 2. The van der Waals surface area contributed by atoms with Crippen molar-refractivity contribution in [1.82, 2.24) is 0 Å². The van der Waals surface area contributed by atoms with E-state index in [0.717, 1.165) is 21.0 Å². The average molecular weight is 331 g/mol. The Morgan fingerprint density at radius 2 is 1.91 bits per heavy atom. The summed E-state index contributed by atoms with van der Waals surface area (Å²) in [6, 6.07) is 9.41. The van der Waals surface area contributed by atoms with Gasteiger partial charge in [-0.2, -0.15) is 0 Å². The number of amides is 1. The first-order chi connectivity index (χ1) is 10.9. The van der Waals surface area contributed by atoms with Gasteiger partial charge in [0.2, 0.25) is 0 Å². The third-order valence-electron chi connectivity index (χ3n) is 3.45. The second kappa shape index (κ2) is 7.42. The Balaban J connectivity index is 1.96. The van der Waals surface area contributed by atoms with Gasteiger partial charge in [0, 0.05) is 15.4 Å². The van der Waals surface area contributed by atoms with Crippen LogP contribution in [0.1, 0.15) is 45.4 Å². The van der Waals surface area contributed by atoms with Crippen molar-refractivity contribution in [3.8, 4) is 0 Å². The van der Waals surface area contributed by atoms with Crippen molar-refractivity contribution in [1.29, 1.82) is 0 Å². The molecule has 0 spiro atoms. The van der Waals surface area contributed by atoms with Crippen LogP contribution in [0.25, 0.3) is 0 Å². The van der Waals surface area contributed by atoms with Crippen LogP contribution < -0.4 is 5.32 Å². The van der Waals surface area contributed by atoms with Crippen LogP contribution in [0.15, 0.2) is 30.3 Å². The van der Waals surface area contributed by atoms with Crippen molar-refractivity contribution in [2.45, 2.75) is 33.6 Å². The molecule has 1 amide bonds. The molecule has 1 heterocycles. The summed E-state index contributed by atoms with van der Waals surface area (Å²) in [5.74, 6) is -0.499. The van der Waals surface area contributed by atoms with Crippen LogP contribution in [0.5, 0.6) is 0 Å². The van der Waals surface area contributed by atoms with Crippen LogP contribution in [0.4, 0.5) is 5.69 Å². The van der Waals surface area contributed by atoms with Crippen molar-refractivity contribution in [2.24, 2.45) is 0 Å². The van der Waals surface area contributed by atoms with E-state index in [0.29, 0.717) is 11.5 Å². The summed E-state index contributed by atoms with van der Waals surface area (Å²) in [6.45, 7) is 7.64. The van der Waals surface area contributed by atoms with Gasteiger partial charge in [0.1, 0.15) is 0 Å². The fraction of sp³-hybridized carbons (Fsp3) is 0.333. The highest BCUT2D eigenvalue weighted by molar-refractivity contribution is 7.12. The first-order valence-electron chi connectivity index (χ1n) is 7.51. The Bertz CT molecular complexity index is 719. The van der Waals surface area contributed by atoms with Gasteiger partial charge < -0.3 is 10.1 Å². The zero-order valence-electron chi connectivity index (χ0n) is 13.8. The van der Waals surface area contributed by atoms with E-state index in [2.05, 4.69) is 19.2 Å². The van der Waals surface area contributed by atoms with E-state index in [9.17, 15) is 9.59 Å². The molecule has 1 aromatic heterocycles. The van der Waals surface area contributed by atoms with E-state index in [-0.39, 0.29) is 12.5 Å².